The second-order valence-electron chi connectivity index (χ2n) is 5.27. The molecule has 1 aliphatic rings. The highest BCUT2D eigenvalue weighted by Crippen LogP contribution is 2.27. The summed E-state index contributed by atoms with van der Waals surface area (Å²) in [4.78, 5) is 6.84. The maximum atomic E-state index is 4.63. The molecule has 3 rings (SSSR count). The first-order valence-electron chi connectivity index (χ1n) is 6.81. The first-order chi connectivity index (χ1) is 9.63. The van der Waals surface area contributed by atoms with Gasteiger partial charge < -0.3 is 10.2 Å². The third kappa shape index (κ3) is 2.71. The number of hydrogen-bond acceptors (Lipinski definition) is 4. The first kappa shape index (κ1) is 13.6. The second kappa shape index (κ2) is 5.54. The van der Waals surface area contributed by atoms with Gasteiger partial charge in [0.1, 0.15) is 0 Å². The minimum atomic E-state index is 0.469. The number of anilines is 1. The predicted octanol–water partition coefficient (Wildman–Crippen LogP) is 2.34. The SMILES string of the molecule is Cc1ccc(-c2nc(N3CCN[C@H](C)C3)n[nH]2)c(Br)c1. The van der Waals surface area contributed by atoms with Crippen LogP contribution < -0.4 is 10.2 Å². The van der Waals surface area contributed by atoms with Crippen molar-refractivity contribution in [1.82, 2.24) is 20.5 Å². The molecule has 1 aromatic heterocycles. The van der Waals surface area contributed by atoms with Gasteiger partial charge in [0.2, 0.25) is 5.95 Å². The lowest BCUT2D eigenvalue weighted by molar-refractivity contribution is 0.480. The Kier molecular flexibility index (Phi) is 3.76. The van der Waals surface area contributed by atoms with Gasteiger partial charge in [-0.2, -0.15) is 4.98 Å². The molecule has 0 amide bonds. The summed E-state index contributed by atoms with van der Waals surface area (Å²) in [5.74, 6) is 1.58. The topological polar surface area (TPSA) is 56.8 Å². The smallest absolute Gasteiger partial charge is 0.245 e. The lowest BCUT2D eigenvalue weighted by Gasteiger charge is -2.30. The van der Waals surface area contributed by atoms with Crippen molar-refractivity contribution < 1.29 is 0 Å². The maximum Gasteiger partial charge on any atom is 0.245 e. The van der Waals surface area contributed by atoms with Crippen LogP contribution in [0.1, 0.15) is 12.5 Å². The van der Waals surface area contributed by atoms with Crippen molar-refractivity contribution in [2.24, 2.45) is 0 Å². The number of piperazine rings is 1. The summed E-state index contributed by atoms with van der Waals surface area (Å²) < 4.78 is 1.04. The largest absolute Gasteiger partial charge is 0.337 e. The summed E-state index contributed by atoms with van der Waals surface area (Å²) in [5, 5.41) is 10.8. The molecule has 0 spiro atoms. The number of hydrogen-bond donors (Lipinski definition) is 2. The Morgan fingerprint density at radius 3 is 3.00 bits per heavy atom. The zero-order valence-corrected chi connectivity index (χ0v) is 13.2. The molecular weight excluding hydrogens is 318 g/mol. The van der Waals surface area contributed by atoms with Crippen LogP contribution in [0.5, 0.6) is 0 Å². The highest BCUT2D eigenvalue weighted by molar-refractivity contribution is 9.10. The fourth-order valence-electron chi connectivity index (χ4n) is 2.44. The molecule has 1 fully saturated rings. The molecule has 1 saturated heterocycles. The van der Waals surface area contributed by atoms with Crippen LogP contribution in [0.2, 0.25) is 0 Å². The van der Waals surface area contributed by atoms with Gasteiger partial charge in [-0.15, -0.1) is 5.10 Å². The number of rotatable bonds is 2. The van der Waals surface area contributed by atoms with Gasteiger partial charge in [0.25, 0.3) is 0 Å². The van der Waals surface area contributed by atoms with Crippen LogP contribution in [0.4, 0.5) is 5.95 Å². The molecule has 0 radical (unpaired) electrons. The third-order valence-corrected chi connectivity index (χ3v) is 4.16. The predicted molar refractivity (Wildman–Crippen MR) is 83.9 cm³/mol. The third-order valence-electron chi connectivity index (χ3n) is 3.50. The fourth-order valence-corrected chi connectivity index (χ4v) is 3.12. The van der Waals surface area contributed by atoms with E-state index < -0.39 is 0 Å². The summed E-state index contributed by atoms with van der Waals surface area (Å²) in [6.45, 7) is 7.10. The van der Waals surface area contributed by atoms with Crippen molar-refractivity contribution in [2.45, 2.75) is 19.9 Å². The molecular formula is C14H18BrN5. The van der Waals surface area contributed by atoms with Crippen LogP contribution in [-0.2, 0) is 0 Å². The van der Waals surface area contributed by atoms with Gasteiger partial charge in [-0.05, 0) is 31.5 Å². The van der Waals surface area contributed by atoms with Gasteiger partial charge in [0.05, 0.1) is 0 Å². The Balaban J connectivity index is 1.86. The van der Waals surface area contributed by atoms with E-state index in [1.807, 2.05) is 0 Å². The molecule has 0 aliphatic carbocycles. The van der Waals surface area contributed by atoms with Crippen LogP contribution in [0, 0.1) is 6.92 Å². The maximum absolute atomic E-state index is 4.63. The van der Waals surface area contributed by atoms with Crippen molar-refractivity contribution in [3.8, 4) is 11.4 Å². The van der Waals surface area contributed by atoms with Gasteiger partial charge in [0.15, 0.2) is 5.82 Å². The molecule has 2 N–H and O–H groups in total. The molecule has 2 aromatic rings. The molecule has 5 nitrogen and oxygen atoms in total. The van der Waals surface area contributed by atoms with E-state index in [0.29, 0.717) is 6.04 Å². The Labute approximate surface area is 126 Å². The Bertz CT molecular complexity index is 609. The van der Waals surface area contributed by atoms with Crippen molar-refractivity contribution in [1.29, 1.82) is 0 Å². The summed E-state index contributed by atoms with van der Waals surface area (Å²) >= 11 is 3.59. The van der Waals surface area contributed by atoms with Crippen LogP contribution >= 0.6 is 15.9 Å². The monoisotopic (exact) mass is 335 g/mol. The molecule has 106 valence electrons. The van der Waals surface area contributed by atoms with E-state index in [2.05, 4.69) is 73.4 Å². The Morgan fingerprint density at radius 1 is 1.40 bits per heavy atom. The van der Waals surface area contributed by atoms with Crippen LogP contribution in [-0.4, -0.2) is 40.9 Å². The van der Waals surface area contributed by atoms with Gasteiger partial charge in [0, 0.05) is 35.7 Å². The number of H-pyrrole nitrogens is 1. The lowest BCUT2D eigenvalue weighted by atomic mass is 10.1. The van der Waals surface area contributed by atoms with E-state index in [4.69, 9.17) is 0 Å². The van der Waals surface area contributed by atoms with Crippen molar-refractivity contribution in [3.63, 3.8) is 0 Å². The lowest BCUT2D eigenvalue weighted by Crippen LogP contribution is -2.49. The summed E-state index contributed by atoms with van der Waals surface area (Å²) in [6.07, 6.45) is 0. The number of aromatic amines is 1. The Hall–Kier alpha value is -1.40. The van der Waals surface area contributed by atoms with Crippen LogP contribution in [0.3, 0.4) is 0 Å². The summed E-state index contributed by atoms with van der Waals surface area (Å²) in [5.41, 5.74) is 2.26. The van der Waals surface area contributed by atoms with Gasteiger partial charge in [-0.25, -0.2) is 0 Å². The number of aromatic nitrogens is 3. The van der Waals surface area contributed by atoms with Gasteiger partial charge in [-0.1, -0.05) is 22.0 Å². The average Bonchev–Trinajstić information content (AvgIpc) is 2.88. The summed E-state index contributed by atoms with van der Waals surface area (Å²) in [7, 11) is 0. The standard InChI is InChI=1S/C14H18BrN5/c1-9-3-4-11(12(15)7-9)13-17-14(19-18-13)20-6-5-16-10(2)8-20/h3-4,7,10,16H,5-6,8H2,1-2H3,(H,17,18,19)/t10-/m1/s1. The van der Waals surface area contributed by atoms with Crippen molar-refractivity contribution >= 4 is 21.9 Å². The molecule has 20 heavy (non-hydrogen) atoms. The van der Waals surface area contributed by atoms with E-state index in [0.717, 1.165) is 41.4 Å². The molecule has 0 bridgehead atoms. The number of halogens is 1. The van der Waals surface area contributed by atoms with Gasteiger partial charge in [-0.3, -0.25) is 5.10 Å². The molecule has 0 saturated carbocycles. The number of aryl methyl sites for hydroxylation is 1. The first-order valence-corrected chi connectivity index (χ1v) is 7.60. The van der Waals surface area contributed by atoms with Gasteiger partial charge >= 0.3 is 0 Å². The zero-order valence-electron chi connectivity index (χ0n) is 11.7. The number of benzene rings is 1. The molecule has 1 aliphatic heterocycles. The molecule has 0 unspecified atom stereocenters. The Morgan fingerprint density at radius 2 is 2.25 bits per heavy atom. The quantitative estimate of drug-likeness (QED) is 0.884. The van der Waals surface area contributed by atoms with Crippen molar-refractivity contribution in [2.75, 3.05) is 24.5 Å². The number of nitrogens with zero attached hydrogens (tertiary/aromatic N) is 3. The molecule has 2 heterocycles. The highest BCUT2D eigenvalue weighted by atomic mass is 79.9. The fraction of sp³-hybridized carbons (Fsp3) is 0.429. The van der Waals surface area contributed by atoms with Crippen LogP contribution in [0.15, 0.2) is 22.7 Å². The van der Waals surface area contributed by atoms with E-state index in [-0.39, 0.29) is 0 Å². The molecule has 1 aromatic carbocycles. The van der Waals surface area contributed by atoms with E-state index >= 15 is 0 Å². The minimum absolute atomic E-state index is 0.469. The summed E-state index contributed by atoms with van der Waals surface area (Å²) in [6, 6.07) is 6.70. The normalized spacial score (nSPS) is 19.4. The number of nitrogens with one attached hydrogen (secondary N) is 2. The molecule has 6 heteroatoms. The minimum Gasteiger partial charge on any atom is -0.337 e. The van der Waals surface area contributed by atoms with E-state index in [1.54, 1.807) is 0 Å². The van der Waals surface area contributed by atoms with Crippen LogP contribution in [0.25, 0.3) is 11.4 Å². The average molecular weight is 336 g/mol. The zero-order chi connectivity index (χ0) is 14.1. The molecule has 1 atom stereocenters. The van der Waals surface area contributed by atoms with Crippen molar-refractivity contribution in [3.05, 3.63) is 28.2 Å². The second-order valence-corrected chi connectivity index (χ2v) is 6.12. The van der Waals surface area contributed by atoms with E-state index in [9.17, 15) is 0 Å². The highest BCUT2D eigenvalue weighted by Gasteiger charge is 2.20. The van der Waals surface area contributed by atoms with E-state index in [1.165, 1.54) is 5.56 Å².